The molecule has 1 aliphatic rings. The third-order valence-electron chi connectivity index (χ3n) is 4.82. The smallest absolute Gasteiger partial charge is 0.338 e. The Bertz CT molecular complexity index is 1310. The molecule has 3 heterocycles. The van der Waals surface area contributed by atoms with E-state index in [0.717, 1.165) is 9.21 Å². The minimum Gasteiger partial charge on any atom is -0.467 e. The van der Waals surface area contributed by atoms with Crippen molar-refractivity contribution in [1.29, 1.82) is 0 Å². The lowest BCUT2D eigenvalue weighted by molar-refractivity contribution is 0.0440. The number of hydrogen-bond donors (Lipinski definition) is 0. The molecule has 0 saturated heterocycles. The normalized spacial score (nSPS) is 13.7. The summed E-state index contributed by atoms with van der Waals surface area (Å²) in [6, 6.07) is 10.0. The zero-order valence-electron chi connectivity index (χ0n) is 17.1. The Morgan fingerprint density at radius 3 is 2.47 bits per heavy atom. The number of hydrogen-bond acceptors (Lipinski definition) is 8. The number of benzene rings is 1. The molecule has 0 saturated carbocycles. The van der Waals surface area contributed by atoms with Crippen molar-refractivity contribution in [2.75, 3.05) is 14.1 Å². The Kier molecular flexibility index (Phi) is 5.45. The fourth-order valence-corrected chi connectivity index (χ4v) is 3.91. The van der Waals surface area contributed by atoms with Gasteiger partial charge in [0.15, 0.2) is 0 Å². The molecule has 10 nitrogen and oxygen atoms in total. The van der Waals surface area contributed by atoms with Gasteiger partial charge >= 0.3 is 5.97 Å². The highest BCUT2D eigenvalue weighted by molar-refractivity contribution is 7.88. The lowest BCUT2D eigenvalue weighted by Gasteiger charge is -2.11. The van der Waals surface area contributed by atoms with Gasteiger partial charge in [0.2, 0.25) is 5.09 Å². The summed E-state index contributed by atoms with van der Waals surface area (Å²) in [5.74, 6) is -1.19. The number of fused-ring (bicyclic) bond motifs is 1. The standard InChI is InChI=1S/C21H18N2O8S/c1-22(2)32(27,28)18-8-6-15(31-18)12-30-21(26)13-5-7-16-17(10-13)20(25)23(19(16)24)11-14-4-3-9-29-14/h3-10H,11-12H2,1-2H3. The van der Waals surface area contributed by atoms with Crippen molar-refractivity contribution >= 4 is 27.8 Å². The summed E-state index contributed by atoms with van der Waals surface area (Å²) < 4.78 is 40.7. The van der Waals surface area contributed by atoms with E-state index >= 15 is 0 Å². The van der Waals surface area contributed by atoms with Gasteiger partial charge in [0.25, 0.3) is 21.8 Å². The van der Waals surface area contributed by atoms with Crippen molar-refractivity contribution < 1.29 is 36.4 Å². The summed E-state index contributed by atoms with van der Waals surface area (Å²) >= 11 is 0. The van der Waals surface area contributed by atoms with Crippen LogP contribution in [0, 0.1) is 0 Å². The van der Waals surface area contributed by atoms with E-state index in [4.69, 9.17) is 13.6 Å². The van der Waals surface area contributed by atoms with Gasteiger partial charge in [-0.25, -0.2) is 17.5 Å². The highest BCUT2D eigenvalue weighted by Crippen LogP contribution is 2.26. The first-order valence-electron chi connectivity index (χ1n) is 9.39. The number of carbonyl (C=O) groups is 3. The summed E-state index contributed by atoms with van der Waals surface area (Å²) in [5.41, 5.74) is 0.341. The van der Waals surface area contributed by atoms with Crippen LogP contribution in [0.1, 0.15) is 42.6 Å². The number of furan rings is 2. The molecule has 0 bridgehead atoms. The second-order valence-electron chi connectivity index (χ2n) is 7.12. The molecule has 3 aromatic rings. The van der Waals surface area contributed by atoms with Crippen LogP contribution in [0.25, 0.3) is 0 Å². The summed E-state index contributed by atoms with van der Waals surface area (Å²) in [5, 5.41) is -0.271. The van der Waals surface area contributed by atoms with Gasteiger partial charge in [-0.15, -0.1) is 0 Å². The number of nitrogens with zero attached hydrogens (tertiary/aromatic N) is 2. The Morgan fingerprint density at radius 2 is 1.78 bits per heavy atom. The number of ether oxygens (including phenoxy) is 1. The van der Waals surface area contributed by atoms with E-state index in [-0.39, 0.29) is 40.7 Å². The van der Waals surface area contributed by atoms with Crippen LogP contribution in [-0.2, 0) is 27.9 Å². The van der Waals surface area contributed by atoms with Crippen LogP contribution in [-0.4, -0.2) is 49.5 Å². The van der Waals surface area contributed by atoms with Gasteiger partial charge in [-0.3, -0.25) is 14.5 Å². The van der Waals surface area contributed by atoms with Crippen molar-refractivity contribution in [3.8, 4) is 0 Å². The van der Waals surface area contributed by atoms with Crippen LogP contribution < -0.4 is 0 Å². The first kappa shape index (κ1) is 21.5. The number of carbonyl (C=O) groups excluding carboxylic acids is 3. The molecule has 1 aliphatic heterocycles. The predicted octanol–water partition coefficient (Wildman–Crippen LogP) is 2.28. The molecule has 1 aromatic carbocycles. The van der Waals surface area contributed by atoms with Crippen molar-refractivity contribution in [3.63, 3.8) is 0 Å². The minimum atomic E-state index is -3.74. The average Bonchev–Trinajstić information content (AvgIpc) is 3.50. The van der Waals surface area contributed by atoms with Crippen molar-refractivity contribution in [2.45, 2.75) is 18.2 Å². The quantitative estimate of drug-likeness (QED) is 0.390. The topological polar surface area (TPSA) is 127 Å². The van der Waals surface area contributed by atoms with E-state index in [1.807, 2.05) is 0 Å². The third-order valence-corrected chi connectivity index (χ3v) is 6.51. The van der Waals surface area contributed by atoms with Crippen LogP contribution in [0.3, 0.4) is 0 Å². The number of rotatable bonds is 7. The van der Waals surface area contributed by atoms with Crippen LogP contribution in [0.5, 0.6) is 0 Å². The highest BCUT2D eigenvalue weighted by Gasteiger charge is 2.36. The molecule has 32 heavy (non-hydrogen) atoms. The van der Waals surface area contributed by atoms with Gasteiger partial charge in [0.1, 0.15) is 18.1 Å². The summed E-state index contributed by atoms with van der Waals surface area (Å²) in [6.07, 6.45) is 1.44. The first-order valence-corrected chi connectivity index (χ1v) is 10.8. The van der Waals surface area contributed by atoms with Crippen molar-refractivity contribution in [1.82, 2.24) is 9.21 Å². The summed E-state index contributed by atoms with van der Waals surface area (Å²) in [6.45, 7) is -0.327. The third kappa shape index (κ3) is 3.83. The maximum absolute atomic E-state index is 12.7. The molecule has 11 heteroatoms. The fraction of sp³-hybridized carbons (Fsp3) is 0.190. The molecule has 166 valence electrons. The van der Waals surface area contributed by atoms with Gasteiger partial charge in [0.05, 0.1) is 29.5 Å². The zero-order valence-corrected chi connectivity index (χ0v) is 17.9. The predicted molar refractivity (Wildman–Crippen MR) is 108 cm³/mol. The molecule has 2 aromatic heterocycles. The summed E-state index contributed by atoms with van der Waals surface area (Å²) in [7, 11) is -1.01. The molecule has 0 radical (unpaired) electrons. The lowest BCUT2D eigenvalue weighted by atomic mass is 10.1. The molecule has 0 aliphatic carbocycles. The van der Waals surface area contributed by atoms with Crippen LogP contribution in [0.4, 0.5) is 0 Å². The van der Waals surface area contributed by atoms with Gasteiger partial charge in [0, 0.05) is 14.1 Å². The van der Waals surface area contributed by atoms with Crippen LogP contribution >= 0.6 is 0 Å². The summed E-state index contributed by atoms with van der Waals surface area (Å²) in [4.78, 5) is 38.7. The van der Waals surface area contributed by atoms with Crippen LogP contribution in [0.15, 0.2) is 62.7 Å². The van der Waals surface area contributed by atoms with Gasteiger partial charge in [-0.2, -0.15) is 0 Å². The highest BCUT2D eigenvalue weighted by atomic mass is 32.2. The maximum Gasteiger partial charge on any atom is 0.338 e. The van der Waals surface area contributed by atoms with E-state index < -0.39 is 27.8 Å². The molecule has 0 atom stereocenters. The van der Waals surface area contributed by atoms with Crippen molar-refractivity contribution in [2.24, 2.45) is 0 Å². The minimum absolute atomic E-state index is 0.0180. The molecule has 4 rings (SSSR count). The number of sulfonamides is 1. The largest absolute Gasteiger partial charge is 0.467 e. The Hall–Kier alpha value is -3.70. The van der Waals surface area contributed by atoms with Gasteiger partial charge < -0.3 is 13.6 Å². The average molecular weight is 458 g/mol. The van der Waals surface area contributed by atoms with E-state index in [1.165, 1.54) is 50.7 Å². The molecule has 0 spiro atoms. The Labute approximate surface area is 183 Å². The molecule has 0 N–H and O–H groups in total. The molecule has 0 unspecified atom stereocenters. The molecule has 2 amide bonds. The van der Waals surface area contributed by atoms with E-state index in [0.29, 0.717) is 5.76 Å². The fourth-order valence-electron chi connectivity index (χ4n) is 3.09. The second kappa shape index (κ2) is 8.09. The van der Waals surface area contributed by atoms with Crippen LogP contribution in [0.2, 0.25) is 0 Å². The molecular weight excluding hydrogens is 440 g/mol. The second-order valence-corrected chi connectivity index (χ2v) is 9.20. The SMILES string of the molecule is CN(C)S(=O)(=O)c1ccc(COC(=O)c2ccc3c(c2)C(=O)N(Cc2ccco2)C3=O)o1. The number of imide groups is 1. The lowest BCUT2D eigenvalue weighted by Crippen LogP contribution is -2.28. The first-order chi connectivity index (χ1) is 15.2. The number of esters is 1. The van der Waals surface area contributed by atoms with E-state index in [2.05, 4.69) is 0 Å². The maximum atomic E-state index is 12.7. The van der Waals surface area contributed by atoms with Gasteiger partial charge in [-0.05, 0) is 42.5 Å². The Morgan fingerprint density at radius 1 is 1.03 bits per heavy atom. The number of amides is 2. The monoisotopic (exact) mass is 458 g/mol. The van der Waals surface area contributed by atoms with E-state index in [1.54, 1.807) is 12.1 Å². The van der Waals surface area contributed by atoms with Crippen molar-refractivity contribution in [3.05, 3.63) is 76.9 Å². The van der Waals surface area contributed by atoms with Gasteiger partial charge in [-0.1, -0.05) is 0 Å². The molecular formula is C21H18N2O8S. The van der Waals surface area contributed by atoms with E-state index in [9.17, 15) is 22.8 Å². The molecule has 0 fully saturated rings. The Balaban J connectivity index is 1.46. The zero-order chi connectivity index (χ0) is 23.0.